The molecule has 18 heavy (non-hydrogen) atoms. The lowest BCUT2D eigenvalue weighted by Gasteiger charge is -2.41. The Bertz CT molecular complexity index is 429. The van der Waals surface area contributed by atoms with Crippen molar-refractivity contribution in [1.82, 2.24) is 10.3 Å². The predicted molar refractivity (Wildman–Crippen MR) is 77.0 cm³/mol. The second-order valence-corrected chi connectivity index (χ2v) is 7.26. The van der Waals surface area contributed by atoms with Gasteiger partial charge in [0, 0.05) is 23.7 Å². The van der Waals surface area contributed by atoms with Crippen LogP contribution in [0.5, 0.6) is 0 Å². The number of hydrogen-bond donors (Lipinski definition) is 2. The second kappa shape index (κ2) is 5.57. The van der Waals surface area contributed by atoms with Gasteiger partial charge in [-0.1, -0.05) is 44.9 Å². The van der Waals surface area contributed by atoms with Gasteiger partial charge in [-0.15, -0.1) is 0 Å². The normalized spacial score (nSPS) is 25.3. The van der Waals surface area contributed by atoms with Crippen LogP contribution in [0.15, 0.2) is 10.2 Å². The first-order chi connectivity index (χ1) is 8.47. The van der Waals surface area contributed by atoms with Crippen LogP contribution in [0.1, 0.15) is 52.1 Å². The third-order valence-electron chi connectivity index (χ3n) is 4.00. The second-order valence-electron chi connectivity index (χ2n) is 6.42. The van der Waals surface area contributed by atoms with E-state index in [1.165, 1.54) is 37.0 Å². The average molecular weight is 268 g/mol. The van der Waals surface area contributed by atoms with Crippen LogP contribution >= 0.6 is 11.3 Å². The van der Waals surface area contributed by atoms with Gasteiger partial charge in [-0.05, 0) is 24.2 Å². The summed E-state index contributed by atoms with van der Waals surface area (Å²) in [5.74, 6) is 0.733. The number of aromatic nitrogens is 1. The van der Waals surface area contributed by atoms with Crippen molar-refractivity contribution >= 4 is 11.3 Å². The molecule has 3 nitrogen and oxygen atoms in total. The van der Waals surface area contributed by atoms with E-state index in [2.05, 4.69) is 31.1 Å². The quantitative estimate of drug-likeness (QED) is 0.884. The fourth-order valence-corrected chi connectivity index (χ4v) is 3.63. The lowest BCUT2D eigenvalue weighted by atomic mass is 9.69. The molecule has 0 spiro atoms. The monoisotopic (exact) mass is 268 g/mol. The predicted octanol–water partition coefficient (Wildman–Crippen LogP) is 3.13. The van der Waals surface area contributed by atoms with Crippen molar-refractivity contribution in [3.05, 3.63) is 20.7 Å². The topological polar surface area (TPSA) is 44.9 Å². The Morgan fingerprint density at radius 2 is 2.11 bits per heavy atom. The Morgan fingerprint density at radius 3 is 2.72 bits per heavy atom. The van der Waals surface area contributed by atoms with E-state index in [1.807, 2.05) is 5.38 Å². The van der Waals surface area contributed by atoms with Gasteiger partial charge >= 0.3 is 4.87 Å². The zero-order valence-corrected chi connectivity index (χ0v) is 12.4. The zero-order chi connectivity index (χ0) is 13.2. The molecule has 1 fully saturated rings. The Labute approximate surface area is 113 Å². The molecule has 1 aliphatic rings. The molecular weight excluding hydrogens is 244 g/mol. The van der Waals surface area contributed by atoms with Gasteiger partial charge in [0.1, 0.15) is 0 Å². The maximum absolute atomic E-state index is 11.1. The molecule has 2 N–H and O–H groups in total. The first-order valence-corrected chi connectivity index (χ1v) is 7.75. The molecule has 1 saturated carbocycles. The van der Waals surface area contributed by atoms with Crippen LogP contribution in [-0.4, -0.2) is 11.0 Å². The molecule has 4 heteroatoms. The summed E-state index contributed by atoms with van der Waals surface area (Å²) in [6.07, 6.45) is 5.26. The van der Waals surface area contributed by atoms with E-state index >= 15 is 0 Å². The molecule has 0 amide bonds. The summed E-state index contributed by atoms with van der Waals surface area (Å²) in [6.45, 7) is 7.80. The zero-order valence-electron chi connectivity index (χ0n) is 11.6. The minimum atomic E-state index is 0.0443. The summed E-state index contributed by atoms with van der Waals surface area (Å²) in [4.78, 5) is 14.0. The number of nitrogens with one attached hydrogen (secondary N) is 2. The fraction of sp³-hybridized carbons (Fsp3) is 0.786. The number of aromatic amines is 1. The Balaban J connectivity index is 1.95. The number of H-pyrrole nitrogens is 1. The summed E-state index contributed by atoms with van der Waals surface area (Å²) in [5, 5.41) is 5.57. The van der Waals surface area contributed by atoms with E-state index in [-0.39, 0.29) is 4.87 Å². The number of thiazole rings is 1. The van der Waals surface area contributed by atoms with Crippen molar-refractivity contribution < 1.29 is 0 Å². The molecule has 1 heterocycles. The molecule has 0 radical (unpaired) electrons. The summed E-state index contributed by atoms with van der Waals surface area (Å²) in [6, 6.07) is 0.585. The van der Waals surface area contributed by atoms with Crippen molar-refractivity contribution in [1.29, 1.82) is 0 Å². The van der Waals surface area contributed by atoms with Crippen LogP contribution < -0.4 is 10.2 Å². The molecule has 1 aromatic rings. The summed E-state index contributed by atoms with van der Waals surface area (Å²) in [7, 11) is 0. The first-order valence-electron chi connectivity index (χ1n) is 6.87. The third-order valence-corrected chi connectivity index (χ3v) is 4.72. The van der Waals surface area contributed by atoms with E-state index in [0.717, 1.165) is 18.2 Å². The maximum Gasteiger partial charge on any atom is 0.304 e. The molecule has 0 saturated heterocycles. The van der Waals surface area contributed by atoms with Gasteiger partial charge in [-0.25, -0.2) is 0 Å². The van der Waals surface area contributed by atoms with E-state index in [4.69, 9.17) is 0 Å². The van der Waals surface area contributed by atoms with Crippen LogP contribution in [0.4, 0.5) is 0 Å². The fourth-order valence-electron chi connectivity index (χ4n) is 3.05. The number of rotatable bonds is 3. The maximum atomic E-state index is 11.1. The first kappa shape index (κ1) is 13.8. The van der Waals surface area contributed by atoms with Crippen molar-refractivity contribution in [3.63, 3.8) is 0 Å². The molecule has 0 bridgehead atoms. The minimum Gasteiger partial charge on any atom is -0.315 e. The van der Waals surface area contributed by atoms with Crippen molar-refractivity contribution in [3.8, 4) is 0 Å². The van der Waals surface area contributed by atoms with E-state index in [0.29, 0.717) is 11.5 Å². The van der Waals surface area contributed by atoms with E-state index in [9.17, 15) is 4.79 Å². The van der Waals surface area contributed by atoms with Crippen molar-refractivity contribution in [2.45, 2.75) is 59.0 Å². The van der Waals surface area contributed by atoms with E-state index < -0.39 is 0 Å². The van der Waals surface area contributed by atoms with Crippen LogP contribution in [0.25, 0.3) is 0 Å². The Hall–Kier alpha value is -0.610. The van der Waals surface area contributed by atoms with Crippen LogP contribution in [0.2, 0.25) is 0 Å². The van der Waals surface area contributed by atoms with Crippen LogP contribution in [-0.2, 0) is 6.54 Å². The molecule has 2 rings (SSSR count). The molecule has 0 aromatic carbocycles. The number of hydrogen-bond acceptors (Lipinski definition) is 3. The van der Waals surface area contributed by atoms with Gasteiger partial charge in [0.2, 0.25) is 0 Å². The highest BCUT2D eigenvalue weighted by molar-refractivity contribution is 7.07. The lowest BCUT2D eigenvalue weighted by molar-refractivity contribution is 0.130. The third kappa shape index (κ3) is 3.45. The largest absolute Gasteiger partial charge is 0.315 e. The Morgan fingerprint density at radius 1 is 1.39 bits per heavy atom. The molecule has 2 unspecified atom stereocenters. The standard InChI is InChI=1S/C14H24N2OS/c1-14(2,3)11-6-4-5-7-12(11)15-8-10-9-18-13(17)16-10/h9,11-12,15H,4-8H2,1-3H3,(H,16,17). The van der Waals surface area contributed by atoms with Gasteiger partial charge < -0.3 is 10.3 Å². The highest BCUT2D eigenvalue weighted by atomic mass is 32.1. The van der Waals surface area contributed by atoms with Gasteiger partial charge in [-0.3, -0.25) is 4.79 Å². The van der Waals surface area contributed by atoms with Gasteiger partial charge in [0.25, 0.3) is 0 Å². The van der Waals surface area contributed by atoms with Gasteiger partial charge in [-0.2, -0.15) is 0 Å². The SMILES string of the molecule is CC(C)(C)C1CCCCC1NCc1csc(=O)[nH]1. The van der Waals surface area contributed by atoms with Crippen molar-refractivity contribution in [2.75, 3.05) is 0 Å². The Kier molecular flexibility index (Phi) is 4.28. The molecule has 1 aromatic heterocycles. The summed E-state index contributed by atoms with van der Waals surface area (Å²) >= 11 is 1.25. The average Bonchev–Trinajstić information content (AvgIpc) is 2.72. The lowest BCUT2D eigenvalue weighted by Crippen LogP contribution is -2.44. The molecule has 102 valence electrons. The highest BCUT2D eigenvalue weighted by Crippen LogP contribution is 2.38. The molecule has 2 atom stereocenters. The smallest absolute Gasteiger partial charge is 0.304 e. The molecule has 0 aliphatic heterocycles. The minimum absolute atomic E-state index is 0.0443. The highest BCUT2D eigenvalue weighted by Gasteiger charge is 2.33. The molecule has 1 aliphatic carbocycles. The summed E-state index contributed by atoms with van der Waals surface area (Å²) < 4.78 is 0. The van der Waals surface area contributed by atoms with Crippen LogP contribution in [0, 0.1) is 11.3 Å². The molecular formula is C14H24N2OS. The van der Waals surface area contributed by atoms with Gasteiger partial charge in [0.15, 0.2) is 0 Å². The van der Waals surface area contributed by atoms with Crippen molar-refractivity contribution in [2.24, 2.45) is 11.3 Å². The van der Waals surface area contributed by atoms with E-state index in [1.54, 1.807) is 0 Å². The van der Waals surface area contributed by atoms with Crippen LogP contribution in [0.3, 0.4) is 0 Å². The summed E-state index contributed by atoms with van der Waals surface area (Å²) in [5.41, 5.74) is 1.38. The van der Waals surface area contributed by atoms with Gasteiger partial charge in [0.05, 0.1) is 0 Å².